The molecule has 0 fully saturated rings. The van der Waals surface area contributed by atoms with Crippen molar-refractivity contribution in [3.8, 4) is 0 Å². The van der Waals surface area contributed by atoms with Crippen molar-refractivity contribution in [2.45, 2.75) is 19.5 Å². The van der Waals surface area contributed by atoms with E-state index in [9.17, 15) is 4.39 Å². The molecule has 2 aromatic heterocycles. The van der Waals surface area contributed by atoms with E-state index in [0.29, 0.717) is 6.54 Å². The fourth-order valence-corrected chi connectivity index (χ4v) is 1.59. The van der Waals surface area contributed by atoms with E-state index in [2.05, 4.69) is 22.2 Å². The third kappa shape index (κ3) is 3.32. The van der Waals surface area contributed by atoms with Crippen molar-refractivity contribution in [3.05, 3.63) is 59.9 Å². The molecule has 2 heterocycles. The maximum absolute atomic E-state index is 12.9. The summed E-state index contributed by atoms with van der Waals surface area (Å²) in [6.45, 7) is 2.65. The molecule has 0 radical (unpaired) electrons. The lowest BCUT2D eigenvalue weighted by molar-refractivity contribution is 0.566. The summed E-state index contributed by atoms with van der Waals surface area (Å²) < 4.78 is 12.9. The quantitative estimate of drug-likeness (QED) is 0.878. The fourth-order valence-electron chi connectivity index (χ4n) is 1.59. The van der Waals surface area contributed by atoms with Gasteiger partial charge in [-0.15, -0.1) is 0 Å². The molecule has 2 rings (SSSR count). The Balaban J connectivity index is 1.95. The summed E-state index contributed by atoms with van der Waals surface area (Å²) in [5, 5.41) is 3.31. The van der Waals surface area contributed by atoms with Crippen LogP contribution in [0.15, 0.2) is 43.0 Å². The molecule has 0 aliphatic rings. The highest BCUT2D eigenvalue weighted by molar-refractivity contribution is 5.15. The van der Waals surface area contributed by atoms with E-state index in [1.54, 1.807) is 18.6 Å². The molecule has 0 spiro atoms. The molecule has 3 nitrogen and oxygen atoms in total. The van der Waals surface area contributed by atoms with Crippen LogP contribution >= 0.6 is 0 Å². The largest absolute Gasteiger partial charge is 0.306 e. The molecular weight excluding hydrogens is 217 g/mol. The van der Waals surface area contributed by atoms with Gasteiger partial charge in [0.1, 0.15) is 5.82 Å². The molecule has 0 amide bonds. The first kappa shape index (κ1) is 11.7. The predicted molar refractivity (Wildman–Crippen MR) is 63.7 cm³/mol. The van der Waals surface area contributed by atoms with Gasteiger partial charge in [-0.1, -0.05) is 0 Å². The molecule has 0 aromatic carbocycles. The van der Waals surface area contributed by atoms with Crippen molar-refractivity contribution < 1.29 is 4.39 Å². The molecule has 4 heteroatoms. The molecule has 0 saturated carbocycles. The summed E-state index contributed by atoms with van der Waals surface area (Å²) in [7, 11) is 0. The zero-order valence-electron chi connectivity index (χ0n) is 9.60. The number of hydrogen-bond donors (Lipinski definition) is 1. The minimum atomic E-state index is -0.305. The minimum absolute atomic E-state index is 0.196. The minimum Gasteiger partial charge on any atom is -0.306 e. The van der Waals surface area contributed by atoms with Gasteiger partial charge in [-0.25, -0.2) is 4.39 Å². The second kappa shape index (κ2) is 5.50. The average Bonchev–Trinajstić information content (AvgIpc) is 2.37. The van der Waals surface area contributed by atoms with Crippen molar-refractivity contribution in [1.82, 2.24) is 15.3 Å². The topological polar surface area (TPSA) is 37.8 Å². The molecule has 0 aliphatic carbocycles. The molecule has 88 valence electrons. The van der Waals surface area contributed by atoms with Crippen molar-refractivity contribution in [3.63, 3.8) is 0 Å². The summed E-state index contributed by atoms with van der Waals surface area (Å²) in [6.07, 6.45) is 6.39. The second-order valence-electron chi connectivity index (χ2n) is 3.89. The lowest BCUT2D eigenvalue weighted by Crippen LogP contribution is -2.18. The van der Waals surface area contributed by atoms with Gasteiger partial charge >= 0.3 is 0 Å². The van der Waals surface area contributed by atoms with E-state index in [1.807, 2.05) is 12.1 Å². The third-order valence-corrected chi connectivity index (χ3v) is 2.58. The Labute approximate surface area is 99.7 Å². The Kier molecular flexibility index (Phi) is 3.77. The predicted octanol–water partition coefficient (Wildman–Crippen LogP) is 2.47. The third-order valence-electron chi connectivity index (χ3n) is 2.58. The van der Waals surface area contributed by atoms with E-state index < -0.39 is 0 Å². The lowest BCUT2D eigenvalue weighted by atomic mass is 10.1. The van der Waals surface area contributed by atoms with Crippen LogP contribution < -0.4 is 5.32 Å². The first-order valence-electron chi connectivity index (χ1n) is 5.48. The lowest BCUT2D eigenvalue weighted by Gasteiger charge is -2.13. The molecule has 0 unspecified atom stereocenters. The molecule has 17 heavy (non-hydrogen) atoms. The van der Waals surface area contributed by atoms with Crippen LogP contribution in [0.4, 0.5) is 4.39 Å². The van der Waals surface area contributed by atoms with Gasteiger partial charge in [0.15, 0.2) is 0 Å². The summed E-state index contributed by atoms with van der Waals surface area (Å²) in [6, 6.07) is 5.60. The van der Waals surface area contributed by atoms with Crippen molar-refractivity contribution in [2.75, 3.05) is 0 Å². The molecule has 0 bridgehead atoms. The highest BCUT2D eigenvalue weighted by Gasteiger charge is 2.04. The Morgan fingerprint density at radius 1 is 1.24 bits per heavy atom. The first-order valence-corrected chi connectivity index (χ1v) is 5.48. The van der Waals surface area contributed by atoms with Crippen LogP contribution in [-0.4, -0.2) is 9.97 Å². The standard InChI is InChI=1S/C13H14FN3/c1-10(12-2-4-15-5-3-12)17-8-11-6-13(14)9-16-7-11/h2-7,9-10,17H,8H2,1H3/t10-/m0/s1. The normalized spacial score (nSPS) is 12.4. The van der Waals surface area contributed by atoms with Gasteiger partial charge in [-0.05, 0) is 36.2 Å². The fraction of sp³-hybridized carbons (Fsp3) is 0.231. The van der Waals surface area contributed by atoms with Gasteiger partial charge in [0.25, 0.3) is 0 Å². The average molecular weight is 231 g/mol. The molecule has 0 aliphatic heterocycles. The Morgan fingerprint density at radius 2 is 2.00 bits per heavy atom. The van der Waals surface area contributed by atoms with E-state index in [-0.39, 0.29) is 11.9 Å². The Bertz CT molecular complexity index is 473. The molecular formula is C13H14FN3. The molecule has 1 atom stereocenters. The van der Waals surface area contributed by atoms with Crippen LogP contribution in [0.1, 0.15) is 24.1 Å². The number of nitrogens with one attached hydrogen (secondary N) is 1. The van der Waals surface area contributed by atoms with Gasteiger partial charge in [-0.3, -0.25) is 9.97 Å². The smallest absolute Gasteiger partial charge is 0.141 e. The zero-order valence-corrected chi connectivity index (χ0v) is 9.60. The van der Waals surface area contributed by atoms with Gasteiger partial charge < -0.3 is 5.32 Å². The Hall–Kier alpha value is -1.81. The number of rotatable bonds is 4. The van der Waals surface area contributed by atoms with E-state index in [0.717, 1.165) is 11.1 Å². The maximum atomic E-state index is 12.9. The summed E-state index contributed by atoms with van der Waals surface area (Å²) >= 11 is 0. The van der Waals surface area contributed by atoms with Crippen molar-refractivity contribution in [2.24, 2.45) is 0 Å². The van der Waals surface area contributed by atoms with E-state index in [4.69, 9.17) is 0 Å². The molecule has 1 N–H and O–H groups in total. The monoisotopic (exact) mass is 231 g/mol. The highest BCUT2D eigenvalue weighted by Crippen LogP contribution is 2.11. The van der Waals surface area contributed by atoms with Crippen LogP contribution in [0.25, 0.3) is 0 Å². The summed E-state index contributed by atoms with van der Waals surface area (Å²) in [4.78, 5) is 7.78. The van der Waals surface area contributed by atoms with Gasteiger partial charge in [0, 0.05) is 31.2 Å². The zero-order chi connectivity index (χ0) is 12.1. The van der Waals surface area contributed by atoms with Crippen LogP contribution in [-0.2, 0) is 6.54 Å². The number of aromatic nitrogens is 2. The SMILES string of the molecule is C[C@H](NCc1cncc(F)c1)c1ccncc1. The number of pyridine rings is 2. The molecule has 2 aromatic rings. The molecule has 0 saturated heterocycles. The van der Waals surface area contributed by atoms with E-state index >= 15 is 0 Å². The summed E-state index contributed by atoms with van der Waals surface area (Å²) in [5.74, 6) is -0.305. The van der Waals surface area contributed by atoms with Crippen molar-refractivity contribution >= 4 is 0 Å². The number of nitrogens with zero attached hydrogens (tertiary/aromatic N) is 2. The van der Waals surface area contributed by atoms with Crippen LogP contribution in [0.2, 0.25) is 0 Å². The van der Waals surface area contributed by atoms with Gasteiger partial charge in [-0.2, -0.15) is 0 Å². The van der Waals surface area contributed by atoms with Crippen LogP contribution in [0.5, 0.6) is 0 Å². The first-order chi connectivity index (χ1) is 8.25. The van der Waals surface area contributed by atoms with Crippen LogP contribution in [0, 0.1) is 5.82 Å². The van der Waals surface area contributed by atoms with Crippen LogP contribution in [0.3, 0.4) is 0 Å². The number of halogens is 1. The summed E-state index contributed by atoms with van der Waals surface area (Å²) in [5.41, 5.74) is 2.00. The van der Waals surface area contributed by atoms with Crippen molar-refractivity contribution in [1.29, 1.82) is 0 Å². The highest BCUT2D eigenvalue weighted by atomic mass is 19.1. The number of hydrogen-bond acceptors (Lipinski definition) is 3. The van der Waals surface area contributed by atoms with Gasteiger partial charge in [0.2, 0.25) is 0 Å². The van der Waals surface area contributed by atoms with Gasteiger partial charge in [0.05, 0.1) is 6.20 Å². The second-order valence-corrected chi connectivity index (χ2v) is 3.89. The maximum Gasteiger partial charge on any atom is 0.141 e. The van der Waals surface area contributed by atoms with E-state index in [1.165, 1.54) is 12.3 Å². The Morgan fingerprint density at radius 3 is 2.71 bits per heavy atom.